The van der Waals surface area contributed by atoms with E-state index in [2.05, 4.69) is 10.2 Å². The molecule has 0 unspecified atom stereocenters. The Morgan fingerprint density at radius 2 is 2.27 bits per heavy atom. The molecule has 1 aromatic rings. The Hall–Kier alpha value is -0.870. The van der Waals surface area contributed by atoms with Crippen LogP contribution >= 0.6 is 0 Å². The highest BCUT2D eigenvalue weighted by Gasteiger charge is 2.06. The number of hydrogen-bond donors (Lipinski definition) is 1. The van der Waals surface area contributed by atoms with Gasteiger partial charge in [0.15, 0.2) is 6.29 Å². The molecule has 4 nitrogen and oxygen atoms in total. The molecule has 4 heteroatoms. The second-order valence-electron chi connectivity index (χ2n) is 2.19. The van der Waals surface area contributed by atoms with E-state index < -0.39 is 0 Å². The molecule has 0 atom stereocenters. The monoisotopic (exact) mass is 156 g/mol. The number of nitrogens with one attached hydrogen (secondary N) is 1. The number of H-pyrrole nitrogens is 1. The molecule has 0 aromatic carbocycles. The van der Waals surface area contributed by atoms with Crippen LogP contribution in [0, 0.1) is 0 Å². The predicted molar refractivity (Wildman–Crippen MR) is 40.1 cm³/mol. The summed E-state index contributed by atoms with van der Waals surface area (Å²) in [5, 5.41) is 6.63. The molecule has 11 heavy (non-hydrogen) atoms. The molecule has 0 fully saturated rings. The van der Waals surface area contributed by atoms with Gasteiger partial charge in [0, 0.05) is 32.5 Å². The van der Waals surface area contributed by atoms with Gasteiger partial charge >= 0.3 is 0 Å². The van der Waals surface area contributed by atoms with Crippen LogP contribution in [0.5, 0.6) is 0 Å². The predicted octanol–water partition coefficient (Wildman–Crippen LogP) is 0.571. The maximum Gasteiger partial charge on any atom is 0.162 e. The van der Waals surface area contributed by atoms with Crippen molar-refractivity contribution in [2.75, 3.05) is 14.2 Å². The third-order valence-corrected chi connectivity index (χ3v) is 1.47. The van der Waals surface area contributed by atoms with Gasteiger partial charge in [-0.2, -0.15) is 5.10 Å². The van der Waals surface area contributed by atoms with Crippen molar-refractivity contribution in [3.05, 3.63) is 18.0 Å². The van der Waals surface area contributed by atoms with Crippen molar-refractivity contribution in [3.63, 3.8) is 0 Å². The Kier molecular flexibility index (Phi) is 3.07. The maximum atomic E-state index is 5.00. The highest BCUT2D eigenvalue weighted by molar-refractivity contribution is 4.97. The first-order valence-electron chi connectivity index (χ1n) is 3.40. The summed E-state index contributed by atoms with van der Waals surface area (Å²) in [5.74, 6) is 0. The second kappa shape index (κ2) is 4.10. The lowest BCUT2D eigenvalue weighted by molar-refractivity contribution is -0.101. The van der Waals surface area contributed by atoms with Crippen LogP contribution in [-0.2, 0) is 15.9 Å². The number of rotatable bonds is 4. The zero-order chi connectivity index (χ0) is 8.10. The minimum Gasteiger partial charge on any atom is -0.356 e. The summed E-state index contributed by atoms with van der Waals surface area (Å²) in [4.78, 5) is 0. The minimum absolute atomic E-state index is 0.185. The van der Waals surface area contributed by atoms with Crippen LogP contribution in [0.15, 0.2) is 12.3 Å². The molecule has 0 saturated carbocycles. The quantitative estimate of drug-likeness (QED) is 0.648. The fourth-order valence-electron chi connectivity index (χ4n) is 0.841. The van der Waals surface area contributed by atoms with E-state index in [1.807, 2.05) is 6.07 Å². The van der Waals surface area contributed by atoms with E-state index in [9.17, 15) is 0 Å². The zero-order valence-corrected chi connectivity index (χ0v) is 6.70. The standard InChI is InChI=1S/C7H12N2O2/c1-10-7(11-2)5-6-3-4-8-9-6/h3-4,7H,5H2,1-2H3,(H,8,9). The number of aromatic amines is 1. The van der Waals surface area contributed by atoms with Crippen molar-refractivity contribution in [1.82, 2.24) is 10.2 Å². The topological polar surface area (TPSA) is 47.1 Å². The average Bonchev–Trinajstić information content (AvgIpc) is 2.52. The van der Waals surface area contributed by atoms with E-state index in [0.29, 0.717) is 6.42 Å². The fraction of sp³-hybridized carbons (Fsp3) is 0.571. The molecule has 0 spiro atoms. The summed E-state index contributed by atoms with van der Waals surface area (Å²) in [5.41, 5.74) is 1.01. The normalized spacial score (nSPS) is 10.8. The van der Waals surface area contributed by atoms with Crippen molar-refractivity contribution >= 4 is 0 Å². The van der Waals surface area contributed by atoms with E-state index in [4.69, 9.17) is 9.47 Å². The summed E-state index contributed by atoms with van der Waals surface area (Å²) in [6.45, 7) is 0. The summed E-state index contributed by atoms with van der Waals surface area (Å²) in [7, 11) is 3.23. The van der Waals surface area contributed by atoms with Crippen molar-refractivity contribution in [1.29, 1.82) is 0 Å². The van der Waals surface area contributed by atoms with E-state index in [0.717, 1.165) is 5.69 Å². The Morgan fingerprint density at radius 3 is 2.73 bits per heavy atom. The van der Waals surface area contributed by atoms with Crippen molar-refractivity contribution < 1.29 is 9.47 Å². The van der Waals surface area contributed by atoms with Crippen LogP contribution < -0.4 is 0 Å². The Balaban J connectivity index is 2.41. The molecule has 1 N–H and O–H groups in total. The summed E-state index contributed by atoms with van der Waals surface area (Å²) in [6.07, 6.45) is 2.22. The summed E-state index contributed by atoms with van der Waals surface area (Å²) >= 11 is 0. The van der Waals surface area contributed by atoms with Crippen LogP contribution in [0.2, 0.25) is 0 Å². The molecule has 0 amide bonds. The van der Waals surface area contributed by atoms with Gasteiger partial charge in [-0.15, -0.1) is 0 Å². The second-order valence-corrected chi connectivity index (χ2v) is 2.19. The van der Waals surface area contributed by atoms with Crippen LogP contribution in [0.1, 0.15) is 5.69 Å². The minimum atomic E-state index is -0.185. The van der Waals surface area contributed by atoms with Gasteiger partial charge in [-0.25, -0.2) is 0 Å². The van der Waals surface area contributed by atoms with E-state index in [-0.39, 0.29) is 6.29 Å². The van der Waals surface area contributed by atoms with E-state index in [1.165, 1.54) is 0 Å². The first-order valence-corrected chi connectivity index (χ1v) is 3.40. The molecule has 0 radical (unpaired) electrons. The Morgan fingerprint density at radius 1 is 1.55 bits per heavy atom. The smallest absolute Gasteiger partial charge is 0.162 e. The van der Waals surface area contributed by atoms with Crippen molar-refractivity contribution in [2.45, 2.75) is 12.7 Å². The highest BCUT2D eigenvalue weighted by Crippen LogP contribution is 2.01. The van der Waals surface area contributed by atoms with Gasteiger partial charge in [-0.1, -0.05) is 0 Å². The lowest BCUT2D eigenvalue weighted by Crippen LogP contribution is -2.16. The number of ether oxygens (including phenoxy) is 2. The largest absolute Gasteiger partial charge is 0.356 e. The molecular weight excluding hydrogens is 144 g/mol. The Bertz CT molecular complexity index is 182. The van der Waals surface area contributed by atoms with Gasteiger partial charge in [0.1, 0.15) is 0 Å². The summed E-state index contributed by atoms with van der Waals surface area (Å²) < 4.78 is 10.0. The lowest BCUT2D eigenvalue weighted by Gasteiger charge is -2.10. The molecular formula is C7H12N2O2. The zero-order valence-electron chi connectivity index (χ0n) is 6.70. The molecule has 0 aliphatic carbocycles. The molecule has 0 saturated heterocycles. The van der Waals surface area contributed by atoms with Crippen molar-refractivity contribution in [2.24, 2.45) is 0 Å². The first kappa shape index (κ1) is 8.23. The molecule has 0 aliphatic rings. The fourth-order valence-corrected chi connectivity index (χ4v) is 0.841. The number of nitrogens with zero attached hydrogens (tertiary/aromatic N) is 1. The highest BCUT2D eigenvalue weighted by atomic mass is 16.7. The molecule has 1 heterocycles. The van der Waals surface area contributed by atoms with Gasteiger partial charge in [0.2, 0.25) is 0 Å². The van der Waals surface area contributed by atoms with Gasteiger partial charge in [0.25, 0.3) is 0 Å². The summed E-state index contributed by atoms with van der Waals surface area (Å²) in [6, 6.07) is 1.89. The number of methoxy groups -OCH3 is 2. The number of aromatic nitrogens is 2. The van der Waals surface area contributed by atoms with E-state index in [1.54, 1.807) is 20.4 Å². The molecule has 1 aromatic heterocycles. The molecule has 62 valence electrons. The molecule has 0 aliphatic heterocycles. The van der Waals surface area contributed by atoms with Gasteiger partial charge in [-0.05, 0) is 6.07 Å². The third-order valence-electron chi connectivity index (χ3n) is 1.47. The molecule has 1 rings (SSSR count). The van der Waals surface area contributed by atoms with Crippen LogP contribution in [0.4, 0.5) is 0 Å². The van der Waals surface area contributed by atoms with E-state index >= 15 is 0 Å². The van der Waals surface area contributed by atoms with Gasteiger partial charge in [0.05, 0.1) is 0 Å². The number of hydrogen-bond acceptors (Lipinski definition) is 3. The van der Waals surface area contributed by atoms with Crippen LogP contribution in [0.3, 0.4) is 0 Å². The lowest BCUT2D eigenvalue weighted by atomic mass is 10.3. The van der Waals surface area contributed by atoms with Gasteiger partial charge in [-0.3, -0.25) is 5.10 Å². The first-order chi connectivity index (χ1) is 5.36. The average molecular weight is 156 g/mol. The van der Waals surface area contributed by atoms with Crippen LogP contribution in [0.25, 0.3) is 0 Å². The van der Waals surface area contributed by atoms with Gasteiger partial charge < -0.3 is 9.47 Å². The third kappa shape index (κ3) is 2.32. The maximum absolute atomic E-state index is 5.00. The van der Waals surface area contributed by atoms with Crippen LogP contribution in [-0.4, -0.2) is 30.7 Å². The van der Waals surface area contributed by atoms with Crippen molar-refractivity contribution in [3.8, 4) is 0 Å². The SMILES string of the molecule is COC(Cc1ccn[nH]1)OC. The Labute approximate surface area is 65.5 Å². The molecule has 0 bridgehead atoms.